The van der Waals surface area contributed by atoms with Crippen LogP contribution < -0.4 is 0 Å². The van der Waals surface area contributed by atoms with Gasteiger partial charge in [0.1, 0.15) is 5.69 Å². The third-order valence-corrected chi connectivity index (χ3v) is 6.38. The van der Waals surface area contributed by atoms with Gasteiger partial charge in [0.05, 0.1) is 10.6 Å². The third-order valence-electron chi connectivity index (χ3n) is 5.51. The van der Waals surface area contributed by atoms with E-state index in [1.165, 1.54) is 0 Å². The van der Waals surface area contributed by atoms with Crippen molar-refractivity contribution in [1.82, 2.24) is 19.6 Å². The molecule has 0 N–H and O–H groups in total. The van der Waals surface area contributed by atoms with Crippen molar-refractivity contribution in [2.75, 3.05) is 27.2 Å². The molecule has 158 valence electrons. The number of piperidine rings is 1. The van der Waals surface area contributed by atoms with Gasteiger partial charge in [-0.25, -0.2) is 4.68 Å². The third kappa shape index (κ3) is 5.01. The lowest BCUT2D eigenvalue weighted by molar-refractivity contribution is -0.127. The van der Waals surface area contributed by atoms with Crippen molar-refractivity contribution in [1.29, 1.82) is 0 Å². The maximum atomic E-state index is 12.8. The second-order valence-electron chi connectivity index (χ2n) is 7.51. The van der Waals surface area contributed by atoms with Crippen LogP contribution in [-0.4, -0.2) is 58.7 Å². The smallest absolute Gasteiger partial charge is 0.246 e. The van der Waals surface area contributed by atoms with E-state index in [1.807, 2.05) is 70.7 Å². The molecule has 1 aliphatic rings. The van der Waals surface area contributed by atoms with Gasteiger partial charge in [-0.1, -0.05) is 24.3 Å². The van der Waals surface area contributed by atoms with E-state index in [0.29, 0.717) is 6.04 Å². The molecule has 0 bridgehead atoms. The number of hydrogen-bond donors (Lipinski definition) is 0. The van der Waals surface area contributed by atoms with Crippen LogP contribution in [0.3, 0.4) is 0 Å². The topological polar surface area (TPSA) is 41.4 Å². The summed E-state index contributed by atoms with van der Waals surface area (Å²) in [6.07, 6.45) is 7.62. The van der Waals surface area contributed by atoms with E-state index in [4.69, 9.17) is 5.10 Å². The largest absolute Gasteiger partial charge is 0.339 e. The Morgan fingerprint density at radius 3 is 2.57 bits per heavy atom. The number of thiophene rings is 1. The van der Waals surface area contributed by atoms with Crippen LogP contribution in [-0.2, 0) is 4.79 Å². The Morgan fingerprint density at radius 2 is 1.90 bits per heavy atom. The zero-order valence-electron chi connectivity index (χ0n) is 17.3. The average Bonchev–Trinajstić information content (AvgIpc) is 3.42. The predicted molar refractivity (Wildman–Crippen MR) is 126 cm³/mol. The van der Waals surface area contributed by atoms with Crippen molar-refractivity contribution < 1.29 is 4.79 Å². The summed E-state index contributed by atoms with van der Waals surface area (Å²) in [4.78, 5) is 18.1. The molecule has 7 heteroatoms. The average molecular weight is 443 g/mol. The van der Waals surface area contributed by atoms with Crippen molar-refractivity contribution in [3.8, 4) is 16.3 Å². The number of carbonyl (C=O) groups excluding carboxylic acids is 1. The van der Waals surface area contributed by atoms with Crippen LogP contribution in [0.1, 0.15) is 18.4 Å². The van der Waals surface area contributed by atoms with E-state index in [-0.39, 0.29) is 18.3 Å². The number of nitrogens with zero attached hydrogens (tertiary/aromatic N) is 4. The lowest BCUT2D eigenvalue weighted by Gasteiger charge is -2.34. The van der Waals surface area contributed by atoms with Gasteiger partial charge in [-0.3, -0.25) is 4.79 Å². The first-order valence-corrected chi connectivity index (χ1v) is 10.8. The summed E-state index contributed by atoms with van der Waals surface area (Å²) in [5.41, 5.74) is 2.84. The molecule has 4 rings (SSSR count). The fraction of sp³-hybridized carbons (Fsp3) is 0.304. The minimum Gasteiger partial charge on any atom is -0.339 e. The highest BCUT2D eigenvalue weighted by Crippen LogP contribution is 2.28. The lowest BCUT2D eigenvalue weighted by atomic mass is 10.0. The fourth-order valence-electron chi connectivity index (χ4n) is 3.67. The molecule has 1 aromatic carbocycles. The monoisotopic (exact) mass is 442 g/mol. The predicted octanol–water partition coefficient (Wildman–Crippen LogP) is 4.59. The Morgan fingerprint density at radius 1 is 1.17 bits per heavy atom. The number of benzene rings is 1. The van der Waals surface area contributed by atoms with Gasteiger partial charge in [0.15, 0.2) is 0 Å². The summed E-state index contributed by atoms with van der Waals surface area (Å²) in [7, 11) is 4.05. The van der Waals surface area contributed by atoms with Gasteiger partial charge in [-0.05, 0) is 62.6 Å². The van der Waals surface area contributed by atoms with Gasteiger partial charge in [-0.15, -0.1) is 23.7 Å². The molecule has 1 amide bonds. The number of aromatic nitrogens is 2. The first kappa shape index (κ1) is 22.3. The highest BCUT2D eigenvalue weighted by Gasteiger charge is 2.22. The van der Waals surface area contributed by atoms with Crippen molar-refractivity contribution in [3.05, 3.63) is 65.7 Å². The molecule has 1 aliphatic heterocycles. The van der Waals surface area contributed by atoms with Gasteiger partial charge < -0.3 is 9.80 Å². The van der Waals surface area contributed by atoms with Gasteiger partial charge in [0, 0.05) is 30.9 Å². The summed E-state index contributed by atoms with van der Waals surface area (Å²) in [6.45, 7) is 2.08. The van der Waals surface area contributed by atoms with E-state index >= 15 is 0 Å². The minimum absolute atomic E-state index is 0. The summed E-state index contributed by atoms with van der Waals surface area (Å²) in [5.74, 6) is 0.0455. The number of likely N-dealkylation sites (N-methyl/N-ethyl adjacent to an activating group) is 1. The molecule has 1 saturated heterocycles. The quantitative estimate of drug-likeness (QED) is 0.543. The van der Waals surface area contributed by atoms with Gasteiger partial charge in [0.2, 0.25) is 5.91 Å². The molecule has 30 heavy (non-hydrogen) atoms. The molecule has 0 unspecified atom stereocenters. The van der Waals surface area contributed by atoms with E-state index in [2.05, 4.69) is 18.0 Å². The molecule has 3 heterocycles. The van der Waals surface area contributed by atoms with Crippen LogP contribution in [0.25, 0.3) is 22.3 Å². The Hall–Kier alpha value is -2.41. The highest BCUT2D eigenvalue weighted by atomic mass is 35.5. The molecule has 0 radical (unpaired) electrons. The summed E-state index contributed by atoms with van der Waals surface area (Å²) >= 11 is 1.65. The first-order chi connectivity index (χ1) is 14.1. The molecule has 2 aromatic heterocycles. The van der Waals surface area contributed by atoms with Crippen LogP contribution in [0, 0.1) is 0 Å². The molecular weight excluding hydrogens is 416 g/mol. The van der Waals surface area contributed by atoms with Gasteiger partial charge in [-0.2, -0.15) is 5.10 Å². The van der Waals surface area contributed by atoms with Crippen LogP contribution in [0.15, 0.2) is 60.1 Å². The first-order valence-electron chi connectivity index (χ1n) is 9.94. The maximum Gasteiger partial charge on any atom is 0.246 e. The van der Waals surface area contributed by atoms with Gasteiger partial charge in [0.25, 0.3) is 0 Å². The van der Waals surface area contributed by atoms with Crippen molar-refractivity contribution in [3.63, 3.8) is 0 Å². The number of rotatable bonds is 5. The molecule has 3 aromatic rings. The Labute approximate surface area is 188 Å². The summed E-state index contributed by atoms with van der Waals surface area (Å²) < 4.78 is 1.87. The normalized spacial score (nSPS) is 15.3. The number of likely N-dealkylation sites (tertiary alicyclic amines) is 1. The fourth-order valence-corrected chi connectivity index (χ4v) is 4.40. The second kappa shape index (κ2) is 10.1. The van der Waals surface area contributed by atoms with E-state index in [1.54, 1.807) is 17.4 Å². The SMILES string of the molecule is CN1CCC(N(C)C(=O)C=Cc2cn(-c3ccccc3)nc2-c2cccs2)CC1.Cl. The molecule has 1 fully saturated rings. The summed E-state index contributed by atoms with van der Waals surface area (Å²) in [6, 6.07) is 14.4. The standard InChI is InChI=1S/C23H26N4OS.ClH/c1-25-14-12-19(13-15-25)26(2)22(28)11-10-18-17-27(20-7-4-3-5-8-20)24-23(18)21-9-6-16-29-21;/h3-11,16-17,19H,12-15H2,1-2H3;1H. The van der Waals surface area contributed by atoms with Crippen LogP contribution in [0.2, 0.25) is 0 Å². The number of halogens is 1. The van der Waals surface area contributed by atoms with Crippen LogP contribution >= 0.6 is 23.7 Å². The molecule has 0 saturated carbocycles. The zero-order chi connectivity index (χ0) is 20.2. The minimum atomic E-state index is 0. The molecule has 0 atom stereocenters. The van der Waals surface area contributed by atoms with Crippen molar-refractivity contribution >= 4 is 35.7 Å². The van der Waals surface area contributed by atoms with E-state index in [0.717, 1.165) is 47.8 Å². The highest BCUT2D eigenvalue weighted by molar-refractivity contribution is 7.13. The van der Waals surface area contributed by atoms with Gasteiger partial charge >= 0.3 is 0 Å². The van der Waals surface area contributed by atoms with E-state index in [9.17, 15) is 4.79 Å². The Kier molecular flexibility index (Phi) is 7.48. The van der Waals surface area contributed by atoms with Crippen molar-refractivity contribution in [2.45, 2.75) is 18.9 Å². The molecular formula is C23H27ClN4OS. The van der Waals surface area contributed by atoms with E-state index < -0.39 is 0 Å². The molecule has 0 spiro atoms. The summed E-state index contributed by atoms with van der Waals surface area (Å²) in [5, 5.41) is 6.83. The molecule has 5 nitrogen and oxygen atoms in total. The maximum absolute atomic E-state index is 12.8. The zero-order valence-corrected chi connectivity index (χ0v) is 18.9. The van der Waals surface area contributed by atoms with Crippen LogP contribution in [0.4, 0.5) is 0 Å². The number of carbonyl (C=O) groups is 1. The second-order valence-corrected chi connectivity index (χ2v) is 8.46. The molecule has 0 aliphatic carbocycles. The Balaban J connectivity index is 0.00000256. The van der Waals surface area contributed by atoms with Crippen molar-refractivity contribution in [2.24, 2.45) is 0 Å². The number of hydrogen-bond acceptors (Lipinski definition) is 4. The lowest BCUT2D eigenvalue weighted by Crippen LogP contribution is -2.43. The Bertz CT molecular complexity index is 976. The van der Waals surface area contributed by atoms with Crippen LogP contribution in [0.5, 0.6) is 0 Å². The number of amides is 1. The number of para-hydroxylation sites is 1.